The van der Waals surface area contributed by atoms with Gasteiger partial charge in [0.05, 0.1) is 12.7 Å². The Balaban J connectivity index is 1.63. The molecule has 0 spiro atoms. The maximum Gasteiger partial charge on any atom is 0.250 e. The molecule has 9 heteroatoms. The fourth-order valence-corrected chi connectivity index (χ4v) is 4.72. The quantitative estimate of drug-likeness (QED) is 0.632. The first kappa shape index (κ1) is 18.6. The number of para-hydroxylation sites is 1. The van der Waals surface area contributed by atoms with Crippen molar-refractivity contribution in [2.45, 2.75) is 24.0 Å². The summed E-state index contributed by atoms with van der Waals surface area (Å²) in [6, 6.07) is 10.8. The molecule has 0 amide bonds. The molecule has 0 aliphatic carbocycles. The second-order valence-electron chi connectivity index (χ2n) is 5.43. The highest BCUT2D eigenvalue weighted by Gasteiger charge is 2.17. The molecule has 1 N–H and O–H groups in total. The Labute approximate surface area is 156 Å². The summed E-state index contributed by atoms with van der Waals surface area (Å²) in [5.41, 5.74) is 0.719. The first-order valence-electron chi connectivity index (χ1n) is 8.08. The maximum atomic E-state index is 12.3. The number of aromatic nitrogens is 2. The van der Waals surface area contributed by atoms with E-state index in [-0.39, 0.29) is 6.54 Å². The van der Waals surface area contributed by atoms with Crippen LogP contribution in [0.15, 0.2) is 45.1 Å². The minimum absolute atomic E-state index is 0.176. The fraction of sp³-hybridized carbons (Fsp3) is 0.294. The average molecular weight is 393 g/mol. The van der Waals surface area contributed by atoms with E-state index in [1.165, 1.54) is 11.3 Å². The second kappa shape index (κ2) is 7.98. The Kier molecular flexibility index (Phi) is 5.70. The van der Waals surface area contributed by atoms with Gasteiger partial charge < -0.3 is 9.26 Å². The van der Waals surface area contributed by atoms with Crippen LogP contribution in [0.25, 0.3) is 11.4 Å². The molecule has 0 unspecified atom stereocenters. The highest BCUT2D eigenvalue weighted by molar-refractivity contribution is 7.91. The largest absolute Gasteiger partial charge is 0.496 e. The maximum absolute atomic E-state index is 12.3. The molecular formula is C17H19N3O4S2. The molecule has 138 valence electrons. The highest BCUT2D eigenvalue weighted by atomic mass is 32.2. The molecule has 0 fully saturated rings. The van der Waals surface area contributed by atoms with Crippen LogP contribution in [-0.4, -0.2) is 32.2 Å². The third-order valence-corrected chi connectivity index (χ3v) is 6.88. The number of methoxy groups -OCH3 is 1. The molecule has 0 radical (unpaired) electrons. The summed E-state index contributed by atoms with van der Waals surface area (Å²) in [6.45, 7) is 2.17. The van der Waals surface area contributed by atoms with Crippen molar-refractivity contribution in [2.75, 3.05) is 13.7 Å². The van der Waals surface area contributed by atoms with Crippen LogP contribution < -0.4 is 9.46 Å². The van der Waals surface area contributed by atoms with Crippen LogP contribution in [0.5, 0.6) is 5.75 Å². The Morgan fingerprint density at radius 3 is 2.77 bits per heavy atom. The molecule has 0 atom stereocenters. The van der Waals surface area contributed by atoms with Crippen molar-refractivity contribution in [1.29, 1.82) is 0 Å². The van der Waals surface area contributed by atoms with Crippen LogP contribution in [0.4, 0.5) is 0 Å². The molecule has 0 aliphatic rings. The van der Waals surface area contributed by atoms with Crippen LogP contribution in [0.3, 0.4) is 0 Å². The smallest absolute Gasteiger partial charge is 0.250 e. The van der Waals surface area contributed by atoms with Gasteiger partial charge in [-0.25, -0.2) is 13.1 Å². The zero-order valence-corrected chi connectivity index (χ0v) is 16.1. The molecule has 3 aromatic rings. The van der Waals surface area contributed by atoms with Crippen molar-refractivity contribution in [3.63, 3.8) is 0 Å². The zero-order chi connectivity index (χ0) is 18.6. The van der Waals surface area contributed by atoms with Gasteiger partial charge in [0.15, 0.2) is 0 Å². The number of benzene rings is 1. The Hall–Kier alpha value is -2.23. The summed E-state index contributed by atoms with van der Waals surface area (Å²) >= 11 is 1.28. The van der Waals surface area contributed by atoms with E-state index in [1.54, 1.807) is 13.2 Å². The molecule has 7 nitrogen and oxygen atoms in total. The van der Waals surface area contributed by atoms with Gasteiger partial charge >= 0.3 is 0 Å². The van der Waals surface area contributed by atoms with Crippen LogP contribution >= 0.6 is 11.3 Å². The first-order chi connectivity index (χ1) is 12.5. The third-order valence-electron chi connectivity index (χ3n) is 3.70. The average Bonchev–Trinajstić information content (AvgIpc) is 3.31. The van der Waals surface area contributed by atoms with Gasteiger partial charge in [0, 0.05) is 17.8 Å². The van der Waals surface area contributed by atoms with E-state index in [4.69, 9.17) is 9.26 Å². The molecule has 3 rings (SSSR count). The van der Waals surface area contributed by atoms with E-state index < -0.39 is 10.0 Å². The minimum Gasteiger partial charge on any atom is -0.496 e. The molecule has 1 aromatic carbocycles. The number of sulfonamides is 1. The first-order valence-corrected chi connectivity index (χ1v) is 10.4. The molecular weight excluding hydrogens is 374 g/mol. The summed E-state index contributed by atoms with van der Waals surface area (Å²) in [5.74, 6) is 1.41. The summed E-state index contributed by atoms with van der Waals surface area (Å²) in [4.78, 5) is 5.34. The van der Waals surface area contributed by atoms with Crippen LogP contribution in [0.1, 0.15) is 17.7 Å². The van der Waals surface area contributed by atoms with E-state index >= 15 is 0 Å². The number of nitrogens with zero attached hydrogens (tertiary/aromatic N) is 2. The molecule has 2 aromatic heterocycles. The van der Waals surface area contributed by atoms with E-state index in [1.807, 2.05) is 37.3 Å². The second-order valence-corrected chi connectivity index (χ2v) is 8.60. The van der Waals surface area contributed by atoms with Gasteiger partial charge in [-0.05, 0) is 30.7 Å². The lowest BCUT2D eigenvalue weighted by Gasteiger charge is -2.03. The lowest BCUT2D eigenvalue weighted by atomic mass is 10.2. The van der Waals surface area contributed by atoms with Crippen molar-refractivity contribution in [2.24, 2.45) is 0 Å². The predicted octanol–water partition coefficient (Wildman–Crippen LogP) is 2.89. The van der Waals surface area contributed by atoms with Gasteiger partial charge in [-0.15, -0.1) is 11.3 Å². The third kappa shape index (κ3) is 4.12. The van der Waals surface area contributed by atoms with Crippen molar-refractivity contribution in [3.8, 4) is 17.1 Å². The summed E-state index contributed by atoms with van der Waals surface area (Å²) in [5, 5.41) is 3.94. The van der Waals surface area contributed by atoms with Gasteiger partial charge in [-0.3, -0.25) is 0 Å². The minimum atomic E-state index is -3.52. The van der Waals surface area contributed by atoms with Crippen LogP contribution in [0.2, 0.25) is 0 Å². The topological polar surface area (TPSA) is 94.3 Å². The van der Waals surface area contributed by atoms with Crippen molar-refractivity contribution >= 4 is 21.4 Å². The lowest BCUT2D eigenvalue weighted by Crippen LogP contribution is -2.25. The zero-order valence-electron chi connectivity index (χ0n) is 14.4. The molecule has 0 saturated carbocycles. The monoisotopic (exact) mass is 393 g/mol. The fourth-order valence-electron chi connectivity index (χ4n) is 2.35. The Morgan fingerprint density at radius 1 is 1.23 bits per heavy atom. The predicted molar refractivity (Wildman–Crippen MR) is 98.9 cm³/mol. The normalized spacial score (nSPS) is 11.6. The molecule has 0 bridgehead atoms. The molecule has 0 aliphatic heterocycles. The standard InChI is InChI=1S/C17H19N3O4S2/c1-3-12-8-9-16(25-12)26(21,22)18-11-10-15-19-17(20-24-15)13-6-4-5-7-14(13)23-2/h4-9,18H,3,10-11H2,1-2H3. The summed E-state index contributed by atoms with van der Waals surface area (Å²) in [6.07, 6.45) is 1.11. The Bertz CT molecular complexity index is 979. The number of rotatable bonds is 8. The lowest BCUT2D eigenvalue weighted by molar-refractivity contribution is 0.378. The number of hydrogen-bond donors (Lipinski definition) is 1. The van der Waals surface area contributed by atoms with Crippen molar-refractivity contribution < 1.29 is 17.7 Å². The van der Waals surface area contributed by atoms with Gasteiger partial charge in [-0.1, -0.05) is 24.2 Å². The molecule has 2 heterocycles. The molecule has 26 heavy (non-hydrogen) atoms. The van der Waals surface area contributed by atoms with Gasteiger partial charge in [-0.2, -0.15) is 4.98 Å². The number of ether oxygens (including phenoxy) is 1. The van der Waals surface area contributed by atoms with Gasteiger partial charge in [0.25, 0.3) is 0 Å². The Morgan fingerprint density at radius 2 is 2.04 bits per heavy atom. The van der Waals surface area contributed by atoms with Crippen molar-refractivity contribution in [1.82, 2.24) is 14.9 Å². The summed E-state index contributed by atoms with van der Waals surface area (Å²) in [7, 11) is -1.94. The molecule has 0 saturated heterocycles. The highest BCUT2D eigenvalue weighted by Crippen LogP contribution is 2.27. The van der Waals surface area contributed by atoms with Gasteiger partial charge in [0.2, 0.25) is 21.7 Å². The van der Waals surface area contributed by atoms with E-state index in [0.717, 1.165) is 16.9 Å². The summed E-state index contributed by atoms with van der Waals surface area (Å²) < 4.78 is 37.9. The van der Waals surface area contributed by atoms with Crippen LogP contribution in [0, 0.1) is 0 Å². The SMILES string of the molecule is CCc1ccc(S(=O)(=O)NCCc2nc(-c3ccccc3OC)no2)s1. The van der Waals surface area contributed by atoms with Gasteiger partial charge in [0.1, 0.15) is 9.96 Å². The number of thiophene rings is 1. The number of hydrogen-bond acceptors (Lipinski definition) is 7. The van der Waals surface area contributed by atoms with Crippen molar-refractivity contribution in [3.05, 3.63) is 47.2 Å². The number of aryl methyl sites for hydroxylation is 1. The van der Waals surface area contributed by atoms with E-state index in [9.17, 15) is 8.42 Å². The van der Waals surface area contributed by atoms with Crippen LogP contribution in [-0.2, 0) is 22.9 Å². The number of nitrogens with one attached hydrogen (secondary N) is 1. The van der Waals surface area contributed by atoms with E-state index in [0.29, 0.717) is 28.1 Å². The van der Waals surface area contributed by atoms with E-state index in [2.05, 4.69) is 14.9 Å².